The summed E-state index contributed by atoms with van der Waals surface area (Å²) in [6.45, 7) is 6.80. The van der Waals surface area contributed by atoms with Gasteiger partial charge in [0.1, 0.15) is 0 Å². The molecule has 0 saturated carbocycles. The molecule has 54 heavy (non-hydrogen) atoms. The third-order valence-corrected chi connectivity index (χ3v) is 10.9. The molecule has 1 aliphatic rings. The number of anilines is 2. The van der Waals surface area contributed by atoms with E-state index in [4.69, 9.17) is 0 Å². The second-order valence-corrected chi connectivity index (χ2v) is 14.3. The molecule has 0 bridgehead atoms. The van der Waals surface area contributed by atoms with E-state index >= 15 is 0 Å². The number of allylic oxidation sites excluding steroid dienone is 4. The number of nitrogens with zero attached hydrogens (tertiary/aromatic N) is 2. The molecule has 1 atom stereocenters. The van der Waals surface area contributed by atoms with E-state index in [1.807, 2.05) is 0 Å². The maximum absolute atomic E-state index is 2.50. The quantitative estimate of drug-likeness (QED) is 0.168. The molecule has 0 aliphatic carbocycles. The normalized spacial score (nSPS) is 16.3. The highest BCUT2D eigenvalue weighted by Gasteiger charge is 2.28. The van der Waals surface area contributed by atoms with Crippen LogP contribution in [0, 0.1) is 6.92 Å². The zero-order valence-corrected chi connectivity index (χ0v) is 30.9. The smallest absolute Gasteiger partial charge is 0.0548 e. The maximum Gasteiger partial charge on any atom is 0.0548 e. The summed E-state index contributed by atoms with van der Waals surface area (Å²) in [4.78, 5) is 2.50. The van der Waals surface area contributed by atoms with Crippen molar-refractivity contribution in [3.05, 3.63) is 222 Å². The molecule has 260 valence electrons. The van der Waals surface area contributed by atoms with Gasteiger partial charge in [0.25, 0.3) is 0 Å². The third kappa shape index (κ3) is 5.87. The molecule has 0 amide bonds. The Kier molecular flexibility index (Phi) is 8.65. The zero-order chi connectivity index (χ0) is 36.6. The fourth-order valence-electron chi connectivity index (χ4n) is 8.19. The molecule has 7 aromatic carbocycles. The van der Waals surface area contributed by atoms with Gasteiger partial charge in [-0.25, -0.2) is 0 Å². The van der Waals surface area contributed by atoms with Crippen molar-refractivity contribution in [2.24, 2.45) is 0 Å². The summed E-state index contributed by atoms with van der Waals surface area (Å²) in [6.07, 6.45) is 7.16. The molecule has 1 aromatic heterocycles. The van der Waals surface area contributed by atoms with Crippen molar-refractivity contribution in [3.63, 3.8) is 0 Å². The summed E-state index contributed by atoms with van der Waals surface area (Å²) >= 11 is 0. The number of benzene rings is 7. The summed E-state index contributed by atoms with van der Waals surface area (Å²) in [6, 6.07) is 63.6. The fraction of sp³-hybridized carbons (Fsp3) is 0.0769. The number of aromatic nitrogens is 1. The van der Waals surface area contributed by atoms with Gasteiger partial charge >= 0.3 is 0 Å². The largest absolute Gasteiger partial charge is 0.310 e. The number of aryl methyl sites for hydroxylation is 1. The van der Waals surface area contributed by atoms with Gasteiger partial charge in [-0.05, 0) is 89.7 Å². The van der Waals surface area contributed by atoms with Crippen LogP contribution in [0.5, 0.6) is 0 Å². The Labute approximate surface area is 318 Å². The molecule has 2 heterocycles. The number of para-hydroxylation sites is 2. The van der Waals surface area contributed by atoms with Crippen LogP contribution < -0.4 is 4.90 Å². The van der Waals surface area contributed by atoms with Crippen LogP contribution in [0.1, 0.15) is 42.0 Å². The molecule has 0 radical (unpaired) electrons. The van der Waals surface area contributed by atoms with Crippen LogP contribution >= 0.6 is 0 Å². The molecule has 1 aliphatic heterocycles. The predicted octanol–water partition coefficient (Wildman–Crippen LogP) is 14.1. The Balaban J connectivity index is 1.34. The van der Waals surface area contributed by atoms with Crippen molar-refractivity contribution in [3.8, 4) is 16.8 Å². The van der Waals surface area contributed by atoms with E-state index in [1.165, 1.54) is 72.0 Å². The summed E-state index contributed by atoms with van der Waals surface area (Å²) in [7, 11) is 0. The third-order valence-electron chi connectivity index (χ3n) is 10.9. The van der Waals surface area contributed by atoms with Crippen molar-refractivity contribution >= 4 is 44.8 Å². The van der Waals surface area contributed by atoms with Crippen LogP contribution in [-0.4, -0.2) is 4.57 Å². The Morgan fingerprint density at radius 2 is 1.15 bits per heavy atom. The molecule has 0 spiro atoms. The minimum atomic E-state index is 0.163. The van der Waals surface area contributed by atoms with Crippen LogP contribution in [0.25, 0.3) is 50.3 Å². The lowest BCUT2D eigenvalue weighted by Crippen LogP contribution is -2.21. The summed E-state index contributed by atoms with van der Waals surface area (Å²) in [5.74, 6) is 0.163. The molecule has 0 fully saturated rings. The van der Waals surface area contributed by atoms with Crippen molar-refractivity contribution in [2.75, 3.05) is 4.90 Å². The van der Waals surface area contributed by atoms with Crippen LogP contribution in [0.15, 0.2) is 199 Å². The van der Waals surface area contributed by atoms with Crippen molar-refractivity contribution in [1.82, 2.24) is 4.57 Å². The molecule has 8 aromatic rings. The van der Waals surface area contributed by atoms with Crippen molar-refractivity contribution < 1.29 is 0 Å². The van der Waals surface area contributed by atoms with E-state index in [2.05, 4.69) is 224 Å². The zero-order valence-electron chi connectivity index (χ0n) is 30.9. The van der Waals surface area contributed by atoms with Crippen LogP contribution in [0.2, 0.25) is 0 Å². The van der Waals surface area contributed by atoms with Gasteiger partial charge in [-0.3, -0.25) is 0 Å². The first-order chi connectivity index (χ1) is 26.6. The minimum Gasteiger partial charge on any atom is -0.310 e. The molecular weight excluding hydrogens is 653 g/mol. The maximum atomic E-state index is 2.50. The van der Waals surface area contributed by atoms with Crippen molar-refractivity contribution in [2.45, 2.75) is 26.7 Å². The second-order valence-electron chi connectivity index (χ2n) is 14.3. The van der Waals surface area contributed by atoms with Gasteiger partial charge in [0, 0.05) is 39.2 Å². The van der Waals surface area contributed by atoms with E-state index < -0.39 is 0 Å². The Morgan fingerprint density at radius 3 is 1.89 bits per heavy atom. The van der Waals surface area contributed by atoms with Gasteiger partial charge in [-0.2, -0.15) is 0 Å². The topological polar surface area (TPSA) is 8.17 Å². The first kappa shape index (κ1) is 33.2. The summed E-state index contributed by atoms with van der Waals surface area (Å²) in [5.41, 5.74) is 16.8. The molecule has 1 unspecified atom stereocenters. The Hall–Kier alpha value is -6.64. The number of rotatable bonds is 6. The highest BCUT2D eigenvalue weighted by Crippen LogP contribution is 2.47. The molecule has 0 N–H and O–H groups in total. The monoisotopic (exact) mass is 694 g/mol. The molecular formula is C52H42N2. The van der Waals surface area contributed by atoms with E-state index in [9.17, 15) is 0 Å². The molecule has 2 heteroatoms. The van der Waals surface area contributed by atoms with Gasteiger partial charge in [0.15, 0.2) is 0 Å². The highest BCUT2D eigenvalue weighted by atomic mass is 15.2. The van der Waals surface area contributed by atoms with E-state index in [0.29, 0.717) is 0 Å². The van der Waals surface area contributed by atoms with Crippen molar-refractivity contribution in [1.29, 1.82) is 0 Å². The van der Waals surface area contributed by atoms with Gasteiger partial charge in [0.05, 0.1) is 22.4 Å². The molecule has 2 nitrogen and oxygen atoms in total. The fourth-order valence-corrected chi connectivity index (χ4v) is 8.19. The van der Waals surface area contributed by atoms with E-state index in [1.54, 1.807) is 0 Å². The van der Waals surface area contributed by atoms with Gasteiger partial charge in [0.2, 0.25) is 0 Å². The number of hydrogen-bond acceptors (Lipinski definition) is 1. The number of hydrogen-bond donors (Lipinski definition) is 0. The Bertz CT molecular complexity index is 2710. The lowest BCUT2D eigenvalue weighted by atomic mass is 9.87. The first-order valence-electron chi connectivity index (χ1n) is 18.9. The standard InChI is InChI=1S/C52H42N2/c1-36-17-13-14-24-44(36)51-37(2)27-32-46-48(54(42-22-11-6-12-23-42)50(51)35-38(3)39-18-7-4-8-19-39)33-34-49-52(46)45-25-15-16-26-47(45)53(49)43-30-28-41(29-31-43)40-20-9-5-10-21-40/h4-35,38H,1-3H3/b32-27-,50-35-,51-37+. The summed E-state index contributed by atoms with van der Waals surface area (Å²) in [5, 5.41) is 2.48. The van der Waals surface area contributed by atoms with Gasteiger partial charge in [-0.1, -0.05) is 159 Å². The number of fused-ring (bicyclic) bond motifs is 5. The lowest BCUT2D eigenvalue weighted by molar-refractivity contribution is 0.950. The van der Waals surface area contributed by atoms with E-state index in [-0.39, 0.29) is 5.92 Å². The van der Waals surface area contributed by atoms with E-state index in [0.717, 1.165) is 17.1 Å². The average Bonchev–Trinajstić information content (AvgIpc) is 3.56. The Morgan fingerprint density at radius 1 is 0.519 bits per heavy atom. The van der Waals surface area contributed by atoms with Crippen LogP contribution in [0.4, 0.5) is 11.4 Å². The SMILES string of the molecule is CC1=C(c2ccccc2C)\C(=C\C(C)c2ccccc2)N(c2ccccc2)c2ccc3c(c2/C=C\1)c1ccccc1n3-c1ccc(-c2ccccc2)cc1. The molecule has 0 saturated heterocycles. The highest BCUT2D eigenvalue weighted by molar-refractivity contribution is 6.15. The lowest BCUT2D eigenvalue weighted by Gasteiger charge is -2.34. The minimum absolute atomic E-state index is 0.163. The first-order valence-corrected chi connectivity index (χ1v) is 18.9. The predicted molar refractivity (Wildman–Crippen MR) is 231 cm³/mol. The summed E-state index contributed by atoms with van der Waals surface area (Å²) < 4.78 is 2.43. The second kappa shape index (κ2) is 14.1. The van der Waals surface area contributed by atoms with Crippen LogP contribution in [0.3, 0.4) is 0 Å². The van der Waals surface area contributed by atoms with Gasteiger partial charge < -0.3 is 9.47 Å². The average molecular weight is 695 g/mol. The van der Waals surface area contributed by atoms with Gasteiger partial charge in [-0.15, -0.1) is 0 Å². The van der Waals surface area contributed by atoms with Crippen LogP contribution in [-0.2, 0) is 0 Å². The molecule has 9 rings (SSSR count).